The van der Waals surface area contributed by atoms with Gasteiger partial charge in [0.05, 0.1) is 5.02 Å². The Balaban J connectivity index is 1.97. The molecular weight excluding hydrogens is 266 g/mol. The fourth-order valence-electron chi connectivity index (χ4n) is 2.24. The fourth-order valence-corrected chi connectivity index (χ4v) is 2.54. The van der Waals surface area contributed by atoms with Crippen LogP contribution in [-0.4, -0.2) is 0 Å². The van der Waals surface area contributed by atoms with E-state index in [1.807, 2.05) is 30.3 Å². The number of hydrogen-bond acceptors (Lipinski definition) is 1. The molecule has 0 bridgehead atoms. The first-order chi connectivity index (χ1) is 9.74. The lowest BCUT2D eigenvalue weighted by atomic mass is 10.0. The van der Waals surface area contributed by atoms with E-state index in [2.05, 4.69) is 36.4 Å². The van der Waals surface area contributed by atoms with Gasteiger partial charge in [0.1, 0.15) is 0 Å². The maximum Gasteiger partial charge on any atom is 0.0504 e. The van der Waals surface area contributed by atoms with Crippen molar-refractivity contribution in [3.63, 3.8) is 0 Å². The highest BCUT2D eigenvalue weighted by Gasteiger charge is 2.04. The van der Waals surface area contributed by atoms with E-state index in [9.17, 15) is 0 Å². The Morgan fingerprint density at radius 3 is 1.90 bits per heavy atom. The second kappa shape index (κ2) is 5.40. The van der Waals surface area contributed by atoms with E-state index in [-0.39, 0.29) is 0 Å². The summed E-state index contributed by atoms with van der Waals surface area (Å²) in [6, 6.07) is 24.3. The average Bonchev–Trinajstić information content (AvgIpc) is 2.48. The molecule has 0 saturated heterocycles. The molecule has 0 radical (unpaired) electrons. The van der Waals surface area contributed by atoms with E-state index in [1.54, 1.807) is 6.07 Å². The van der Waals surface area contributed by atoms with Gasteiger partial charge in [-0.05, 0) is 28.8 Å². The van der Waals surface area contributed by atoms with Crippen LogP contribution >= 0.6 is 11.6 Å². The lowest BCUT2D eigenvalue weighted by molar-refractivity contribution is 1.59. The van der Waals surface area contributed by atoms with Crippen molar-refractivity contribution < 1.29 is 0 Å². The zero-order valence-electron chi connectivity index (χ0n) is 10.9. The van der Waals surface area contributed by atoms with Gasteiger partial charge in [-0.15, -0.1) is 0 Å². The van der Waals surface area contributed by atoms with Crippen LogP contribution < -0.4 is 5.73 Å². The molecule has 0 aromatic heterocycles. The zero-order valence-corrected chi connectivity index (χ0v) is 11.6. The third kappa shape index (κ3) is 2.54. The predicted molar refractivity (Wildman–Crippen MR) is 86.7 cm³/mol. The van der Waals surface area contributed by atoms with Gasteiger partial charge in [-0.3, -0.25) is 0 Å². The minimum Gasteiger partial charge on any atom is -0.399 e. The minimum atomic E-state index is 0.678. The number of anilines is 1. The van der Waals surface area contributed by atoms with Crippen LogP contribution in [0, 0.1) is 0 Å². The molecule has 0 amide bonds. The zero-order chi connectivity index (χ0) is 13.9. The molecule has 20 heavy (non-hydrogen) atoms. The predicted octanol–water partition coefficient (Wildman–Crippen LogP) is 5.26. The topological polar surface area (TPSA) is 26.0 Å². The van der Waals surface area contributed by atoms with E-state index in [0.717, 1.165) is 11.1 Å². The van der Waals surface area contributed by atoms with Crippen LogP contribution in [0.15, 0.2) is 72.8 Å². The van der Waals surface area contributed by atoms with Gasteiger partial charge < -0.3 is 5.73 Å². The van der Waals surface area contributed by atoms with Gasteiger partial charge in [-0.25, -0.2) is 0 Å². The molecule has 2 heteroatoms. The number of rotatable bonds is 2. The third-order valence-electron chi connectivity index (χ3n) is 3.30. The van der Waals surface area contributed by atoms with Crippen LogP contribution in [0.1, 0.15) is 0 Å². The molecule has 0 aliphatic heterocycles. The molecular formula is C18H14ClN. The van der Waals surface area contributed by atoms with Crippen LogP contribution in [0.3, 0.4) is 0 Å². The van der Waals surface area contributed by atoms with Gasteiger partial charge in [-0.2, -0.15) is 0 Å². The molecule has 0 fully saturated rings. The van der Waals surface area contributed by atoms with Crippen molar-refractivity contribution in [2.24, 2.45) is 0 Å². The van der Waals surface area contributed by atoms with Crippen LogP contribution in [-0.2, 0) is 0 Å². The lowest BCUT2D eigenvalue weighted by Crippen LogP contribution is -1.86. The second-order valence-electron chi connectivity index (χ2n) is 4.68. The molecule has 2 N–H and O–H groups in total. The summed E-state index contributed by atoms with van der Waals surface area (Å²) in [7, 11) is 0. The van der Waals surface area contributed by atoms with Crippen LogP contribution in [0.2, 0.25) is 5.02 Å². The Labute approximate surface area is 123 Å². The van der Waals surface area contributed by atoms with E-state index < -0.39 is 0 Å². The van der Waals surface area contributed by atoms with Crippen LogP contribution in [0.4, 0.5) is 5.69 Å². The minimum absolute atomic E-state index is 0.678. The molecule has 0 atom stereocenters. The van der Waals surface area contributed by atoms with E-state index >= 15 is 0 Å². The van der Waals surface area contributed by atoms with E-state index in [4.69, 9.17) is 17.3 Å². The summed E-state index contributed by atoms with van der Waals surface area (Å²) in [4.78, 5) is 0. The SMILES string of the molecule is Nc1ccc(-c2ccc(-c3ccccc3)cc2)c(Cl)c1. The molecule has 0 aliphatic rings. The third-order valence-corrected chi connectivity index (χ3v) is 3.61. The molecule has 0 unspecified atom stereocenters. The monoisotopic (exact) mass is 279 g/mol. The first kappa shape index (κ1) is 12.8. The maximum atomic E-state index is 6.24. The largest absolute Gasteiger partial charge is 0.399 e. The van der Waals surface area contributed by atoms with Gasteiger partial charge >= 0.3 is 0 Å². The van der Waals surface area contributed by atoms with Gasteiger partial charge in [0.25, 0.3) is 0 Å². The highest BCUT2D eigenvalue weighted by Crippen LogP contribution is 2.31. The molecule has 3 rings (SSSR count). The Morgan fingerprint density at radius 2 is 1.25 bits per heavy atom. The van der Waals surface area contributed by atoms with E-state index in [0.29, 0.717) is 10.7 Å². The van der Waals surface area contributed by atoms with Crippen molar-refractivity contribution in [1.29, 1.82) is 0 Å². The lowest BCUT2D eigenvalue weighted by Gasteiger charge is -2.07. The maximum absolute atomic E-state index is 6.24. The average molecular weight is 280 g/mol. The van der Waals surface area contributed by atoms with Crippen molar-refractivity contribution in [3.8, 4) is 22.3 Å². The normalized spacial score (nSPS) is 10.4. The molecule has 0 heterocycles. The Kier molecular flexibility index (Phi) is 3.44. The Morgan fingerprint density at radius 1 is 0.650 bits per heavy atom. The van der Waals surface area contributed by atoms with Crippen molar-refractivity contribution >= 4 is 17.3 Å². The van der Waals surface area contributed by atoms with Crippen LogP contribution in [0.5, 0.6) is 0 Å². The highest BCUT2D eigenvalue weighted by atomic mass is 35.5. The summed E-state index contributed by atoms with van der Waals surface area (Å²) in [5.74, 6) is 0. The molecule has 3 aromatic carbocycles. The molecule has 3 aromatic rings. The van der Waals surface area contributed by atoms with Gasteiger partial charge in [0, 0.05) is 11.3 Å². The molecule has 0 aliphatic carbocycles. The highest BCUT2D eigenvalue weighted by molar-refractivity contribution is 6.33. The van der Waals surface area contributed by atoms with Crippen LogP contribution in [0.25, 0.3) is 22.3 Å². The summed E-state index contributed by atoms with van der Waals surface area (Å²) in [6.07, 6.45) is 0. The number of nitrogens with two attached hydrogens (primary N) is 1. The Hall–Kier alpha value is -2.25. The summed E-state index contributed by atoms with van der Waals surface area (Å²) in [5, 5.41) is 0.678. The van der Waals surface area contributed by atoms with Crippen molar-refractivity contribution in [2.45, 2.75) is 0 Å². The Bertz CT molecular complexity index is 718. The second-order valence-corrected chi connectivity index (χ2v) is 5.09. The smallest absolute Gasteiger partial charge is 0.0504 e. The molecule has 0 saturated carbocycles. The first-order valence-corrected chi connectivity index (χ1v) is 6.83. The summed E-state index contributed by atoms with van der Waals surface area (Å²) < 4.78 is 0. The standard InChI is InChI=1S/C18H14ClN/c19-18-12-16(20)10-11-17(18)15-8-6-14(7-9-15)13-4-2-1-3-5-13/h1-12H,20H2. The van der Waals surface area contributed by atoms with Gasteiger partial charge in [0.15, 0.2) is 0 Å². The summed E-state index contributed by atoms with van der Waals surface area (Å²) >= 11 is 6.24. The molecule has 1 nitrogen and oxygen atoms in total. The van der Waals surface area contributed by atoms with E-state index in [1.165, 1.54) is 11.1 Å². The number of hydrogen-bond donors (Lipinski definition) is 1. The first-order valence-electron chi connectivity index (χ1n) is 6.45. The number of nitrogen functional groups attached to an aromatic ring is 1. The van der Waals surface area contributed by atoms with Gasteiger partial charge in [0.2, 0.25) is 0 Å². The molecule has 0 spiro atoms. The summed E-state index contributed by atoms with van der Waals surface area (Å²) in [6.45, 7) is 0. The van der Waals surface area contributed by atoms with Crippen molar-refractivity contribution in [3.05, 3.63) is 77.8 Å². The number of benzene rings is 3. The fraction of sp³-hybridized carbons (Fsp3) is 0. The molecule has 98 valence electrons. The van der Waals surface area contributed by atoms with Crippen molar-refractivity contribution in [2.75, 3.05) is 5.73 Å². The quantitative estimate of drug-likeness (QED) is 0.637. The summed E-state index contributed by atoms with van der Waals surface area (Å²) in [5.41, 5.74) is 10.9. The number of halogens is 1. The van der Waals surface area contributed by atoms with Crippen molar-refractivity contribution in [1.82, 2.24) is 0 Å². The van der Waals surface area contributed by atoms with Gasteiger partial charge in [-0.1, -0.05) is 72.3 Å².